The van der Waals surface area contributed by atoms with Crippen LogP contribution in [0.3, 0.4) is 0 Å². The van der Waals surface area contributed by atoms with Gasteiger partial charge in [-0.25, -0.2) is 0 Å². The van der Waals surface area contributed by atoms with E-state index >= 15 is 0 Å². The van der Waals surface area contributed by atoms with E-state index in [2.05, 4.69) is 25.2 Å². The zero-order valence-electron chi connectivity index (χ0n) is 17.9. The maximum Gasteiger partial charge on any atom is 0.261 e. The second-order valence-corrected chi connectivity index (χ2v) is 8.81. The number of carbonyl (C=O) groups excluding carboxylic acids is 1. The van der Waals surface area contributed by atoms with Crippen LogP contribution in [0.25, 0.3) is 22.6 Å². The number of anilines is 1. The van der Waals surface area contributed by atoms with E-state index in [1.165, 1.54) is 6.42 Å². The molecule has 7 nitrogen and oxygen atoms in total. The van der Waals surface area contributed by atoms with Crippen LogP contribution in [0.15, 0.2) is 47.0 Å². The second kappa shape index (κ2) is 9.00. The molecule has 3 heterocycles. The summed E-state index contributed by atoms with van der Waals surface area (Å²) in [5, 5.41) is 16.6. The Morgan fingerprint density at radius 2 is 1.85 bits per heavy atom. The highest BCUT2D eigenvalue weighted by Crippen LogP contribution is 2.37. The fraction of sp³-hybridized carbons (Fsp3) is 0.250. The van der Waals surface area contributed by atoms with E-state index in [1.54, 1.807) is 25.1 Å². The maximum atomic E-state index is 13.3. The SMILES string of the molecule is Cc1onc(-c2c(Cl)cccc2Cl)c1C(=O)Nc1cccc(-c2nnc3n2CCCCC3)c1. The minimum Gasteiger partial charge on any atom is -0.360 e. The molecule has 0 saturated carbocycles. The predicted octanol–water partition coefficient (Wildman–Crippen LogP) is 6.19. The summed E-state index contributed by atoms with van der Waals surface area (Å²) >= 11 is 12.7. The van der Waals surface area contributed by atoms with E-state index in [-0.39, 0.29) is 11.5 Å². The number of hydrogen-bond donors (Lipinski definition) is 1. The van der Waals surface area contributed by atoms with Crippen molar-refractivity contribution in [2.45, 2.75) is 39.2 Å². The van der Waals surface area contributed by atoms with Crippen LogP contribution in [0, 0.1) is 6.92 Å². The lowest BCUT2D eigenvalue weighted by atomic mass is 10.1. The second-order valence-electron chi connectivity index (χ2n) is 8.00. The fourth-order valence-electron chi connectivity index (χ4n) is 4.16. The predicted molar refractivity (Wildman–Crippen MR) is 128 cm³/mol. The Morgan fingerprint density at radius 1 is 1.06 bits per heavy atom. The molecule has 4 aromatic rings. The highest BCUT2D eigenvalue weighted by molar-refractivity contribution is 6.39. The average Bonchev–Trinajstić information content (AvgIpc) is 3.29. The zero-order chi connectivity index (χ0) is 22.9. The van der Waals surface area contributed by atoms with Gasteiger partial charge < -0.3 is 14.4 Å². The van der Waals surface area contributed by atoms with Gasteiger partial charge in [-0.1, -0.05) is 53.0 Å². The van der Waals surface area contributed by atoms with Gasteiger partial charge in [-0.3, -0.25) is 4.79 Å². The highest BCUT2D eigenvalue weighted by atomic mass is 35.5. The molecule has 168 valence electrons. The quantitative estimate of drug-likeness (QED) is 0.375. The third kappa shape index (κ3) is 4.14. The van der Waals surface area contributed by atoms with Crippen LogP contribution in [0.4, 0.5) is 5.69 Å². The number of amides is 1. The molecule has 2 aromatic heterocycles. The Kier molecular flexibility index (Phi) is 5.91. The molecule has 0 atom stereocenters. The van der Waals surface area contributed by atoms with Crippen LogP contribution in [-0.4, -0.2) is 25.8 Å². The van der Waals surface area contributed by atoms with Crippen LogP contribution in [0.5, 0.6) is 0 Å². The molecular formula is C24H21Cl2N5O2. The molecular weight excluding hydrogens is 461 g/mol. The summed E-state index contributed by atoms with van der Waals surface area (Å²) < 4.78 is 7.50. The molecule has 0 saturated heterocycles. The van der Waals surface area contributed by atoms with Gasteiger partial charge in [0.15, 0.2) is 5.82 Å². The molecule has 0 unspecified atom stereocenters. The summed E-state index contributed by atoms with van der Waals surface area (Å²) in [5.41, 5.74) is 2.57. The molecule has 1 amide bonds. The molecule has 33 heavy (non-hydrogen) atoms. The van der Waals surface area contributed by atoms with Crippen molar-refractivity contribution in [2.24, 2.45) is 0 Å². The van der Waals surface area contributed by atoms with Crippen LogP contribution in [-0.2, 0) is 13.0 Å². The largest absolute Gasteiger partial charge is 0.360 e. The number of aromatic nitrogens is 4. The lowest BCUT2D eigenvalue weighted by molar-refractivity contribution is 0.102. The van der Waals surface area contributed by atoms with Crippen molar-refractivity contribution in [3.05, 3.63) is 69.7 Å². The minimum absolute atomic E-state index is 0.284. The molecule has 9 heteroatoms. The summed E-state index contributed by atoms with van der Waals surface area (Å²) in [6.07, 6.45) is 4.36. The maximum absolute atomic E-state index is 13.3. The topological polar surface area (TPSA) is 85.8 Å². The molecule has 2 aromatic carbocycles. The first kappa shape index (κ1) is 21.7. The minimum atomic E-state index is -0.364. The Bertz CT molecular complexity index is 1320. The Labute approximate surface area is 200 Å². The number of aryl methyl sites for hydroxylation is 2. The standard InChI is InChI=1S/C24H21Cl2N5O2/c1-14-20(22(30-33-14)21-17(25)9-6-10-18(21)26)24(32)27-16-8-5-7-15(13-16)23-29-28-19-11-3-2-4-12-31(19)23/h5-10,13H,2-4,11-12H2,1H3,(H,27,32). The van der Waals surface area contributed by atoms with E-state index < -0.39 is 0 Å². The van der Waals surface area contributed by atoms with Gasteiger partial charge in [-0.15, -0.1) is 10.2 Å². The van der Waals surface area contributed by atoms with Gasteiger partial charge in [0.2, 0.25) is 0 Å². The number of carbonyl (C=O) groups is 1. The summed E-state index contributed by atoms with van der Waals surface area (Å²) in [6.45, 7) is 2.58. The molecule has 5 rings (SSSR count). The number of fused-ring (bicyclic) bond motifs is 1. The van der Waals surface area contributed by atoms with Gasteiger partial charge >= 0.3 is 0 Å². The summed E-state index contributed by atoms with van der Waals surface area (Å²) in [7, 11) is 0. The van der Waals surface area contributed by atoms with Crippen molar-refractivity contribution in [1.29, 1.82) is 0 Å². The monoisotopic (exact) mass is 481 g/mol. The van der Waals surface area contributed by atoms with Crippen molar-refractivity contribution in [2.75, 3.05) is 5.32 Å². The molecule has 1 N–H and O–H groups in total. The number of nitrogens with zero attached hydrogens (tertiary/aromatic N) is 4. The molecule has 0 fully saturated rings. The molecule has 0 radical (unpaired) electrons. The van der Waals surface area contributed by atoms with Gasteiger partial charge in [0.25, 0.3) is 5.91 Å². The third-order valence-electron chi connectivity index (χ3n) is 5.78. The zero-order valence-corrected chi connectivity index (χ0v) is 19.5. The van der Waals surface area contributed by atoms with Crippen molar-refractivity contribution in [3.63, 3.8) is 0 Å². The number of hydrogen-bond acceptors (Lipinski definition) is 5. The molecule has 0 bridgehead atoms. The first-order chi connectivity index (χ1) is 16.0. The smallest absolute Gasteiger partial charge is 0.261 e. The summed E-state index contributed by atoms with van der Waals surface area (Å²) in [6, 6.07) is 12.7. The van der Waals surface area contributed by atoms with Crippen molar-refractivity contribution in [1.82, 2.24) is 19.9 Å². The summed E-state index contributed by atoms with van der Waals surface area (Å²) in [4.78, 5) is 13.3. The lowest BCUT2D eigenvalue weighted by Gasteiger charge is -2.10. The molecule has 1 aliphatic heterocycles. The normalized spacial score (nSPS) is 13.4. The Balaban J connectivity index is 1.46. The third-order valence-corrected chi connectivity index (χ3v) is 6.41. The van der Waals surface area contributed by atoms with Gasteiger partial charge in [0.05, 0.1) is 10.0 Å². The van der Waals surface area contributed by atoms with E-state index in [9.17, 15) is 4.79 Å². The van der Waals surface area contributed by atoms with Crippen LogP contribution in [0.1, 0.15) is 41.2 Å². The van der Waals surface area contributed by atoms with Crippen LogP contribution < -0.4 is 5.32 Å². The number of rotatable bonds is 4. The first-order valence-corrected chi connectivity index (χ1v) is 11.5. The van der Waals surface area contributed by atoms with Crippen molar-refractivity contribution < 1.29 is 9.32 Å². The van der Waals surface area contributed by atoms with E-state index in [0.717, 1.165) is 43.0 Å². The van der Waals surface area contributed by atoms with Crippen LogP contribution >= 0.6 is 23.2 Å². The number of halogens is 2. The Hall–Kier alpha value is -3.16. The van der Waals surface area contributed by atoms with Crippen molar-refractivity contribution >= 4 is 34.8 Å². The van der Waals surface area contributed by atoms with E-state index in [0.29, 0.717) is 32.8 Å². The Morgan fingerprint density at radius 3 is 2.67 bits per heavy atom. The van der Waals surface area contributed by atoms with Crippen LogP contribution in [0.2, 0.25) is 10.0 Å². The lowest BCUT2D eigenvalue weighted by Crippen LogP contribution is -2.13. The van der Waals surface area contributed by atoms with E-state index in [1.807, 2.05) is 24.3 Å². The number of benzene rings is 2. The molecule has 1 aliphatic rings. The molecule has 0 spiro atoms. The molecule has 0 aliphatic carbocycles. The van der Waals surface area contributed by atoms with Crippen molar-refractivity contribution in [3.8, 4) is 22.6 Å². The first-order valence-electron chi connectivity index (χ1n) is 10.8. The van der Waals surface area contributed by atoms with E-state index in [4.69, 9.17) is 27.7 Å². The fourth-order valence-corrected chi connectivity index (χ4v) is 4.74. The van der Waals surface area contributed by atoms with Gasteiger partial charge in [-0.2, -0.15) is 0 Å². The average molecular weight is 482 g/mol. The summed E-state index contributed by atoms with van der Waals surface area (Å²) in [5.74, 6) is 1.83. The van der Waals surface area contributed by atoms with Gasteiger partial charge in [0, 0.05) is 29.8 Å². The van der Waals surface area contributed by atoms with Gasteiger partial charge in [-0.05, 0) is 44.0 Å². The highest BCUT2D eigenvalue weighted by Gasteiger charge is 2.25. The van der Waals surface area contributed by atoms with Gasteiger partial charge in [0.1, 0.15) is 22.8 Å². The number of nitrogens with one attached hydrogen (secondary N) is 1.